The Hall–Kier alpha value is 0.230. The molecule has 2 saturated heterocycles. The third-order valence-corrected chi connectivity index (χ3v) is 6.86. The van der Waals surface area contributed by atoms with Gasteiger partial charge in [-0.2, -0.15) is 0 Å². The van der Waals surface area contributed by atoms with Gasteiger partial charge in [0.1, 0.15) is 0 Å². The van der Waals surface area contributed by atoms with Gasteiger partial charge in [0.05, 0.1) is 0 Å². The van der Waals surface area contributed by atoms with Gasteiger partial charge in [0.15, 0.2) is 0 Å². The second-order valence-electron chi connectivity index (χ2n) is 8.03. The van der Waals surface area contributed by atoms with Gasteiger partial charge in [0.2, 0.25) is 0 Å². The Bertz CT molecular complexity index is 298. The zero-order valence-corrected chi connectivity index (χ0v) is 15.8. The number of likely N-dealkylation sites (tertiary alicyclic amines) is 1. The summed E-state index contributed by atoms with van der Waals surface area (Å²) in [7, 11) is 0. The van der Waals surface area contributed by atoms with Crippen LogP contribution in [-0.2, 0) is 0 Å². The third-order valence-electron chi connectivity index (χ3n) is 5.33. The second-order valence-corrected chi connectivity index (χ2v) is 10.3. The van der Waals surface area contributed by atoms with Gasteiger partial charge in [-0.15, -0.1) is 0 Å². The van der Waals surface area contributed by atoms with E-state index in [4.69, 9.17) is 0 Å². The maximum absolute atomic E-state index is 2.70. The molecule has 2 fully saturated rings. The van der Waals surface area contributed by atoms with Crippen molar-refractivity contribution in [2.24, 2.45) is 5.92 Å². The maximum Gasteiger partial charge on any atom is 0.0200 e. The number of hydrogen-bond donors (Lipinski definition) is 1. The highest BCUT2D eigenvalue weighted by Gasteiger charge is 2.27. The van der Waals surface area contributed by atoms with Gasteiger partial charge in [-0.05, 0) is 78.1 Å². The van der Waals surface area contributed by atoms with E-state index in [9.17, 15) is 0 Å². The molecule has 0 bridgehead atoms. The van der Waals surface area contributed by atoms with Crippen LogP contribution in [0.5, 0.6) is 0 Å². The molecular weight excluding hydrogens is 278 g/mol. The van der Waals surface area contributed by atoms with Gasteiger partial charge in [-0.1, -0.05) is 0 Å². The Balaban J connectivity index is 1.62. The monoisotopic (exact) mass is 315 g/mol. The fourth-order valence-electron chi connectivity index (χ4n) is 3.62. The average Bonchev–Trinajstić information content (AvgIpc) is 2.45. The van der Waals surface area contributed by atoms with Crippen molar-refractivity contribution in [3.8, 4) is 0 Å². The molecule has 4 heteroatoms. The standard InChI is InChI=1S/C17H37N3S/c1-17(2,3)19-10-7-16(8-11-19)6-9-18-12-14-20(15-13-18)21(4)5/h16,21H,6-15H2,1-5H3. The van der Waals surface area contributed by atoms with Crippen LogP contribution in [-0.4, -0.2) is 78.0 Å². The molecule has 0 N–H and O–H groups in total. The summed E-state index contributed by atoms with van der Waals surface area (Å²) in [6, 6.07) is 0. The fourth-order valence-corrected chi connectivity index (χ4v) is 4.60. The summed E-state index contributed by atoms with van der Waals surface area (Å²) in [5, 5.41) is 0. The molecule has 0 aromatic heterocycles. The minimum atomic E-state index is 0.126. The summed E-state index contributed by atoms with van der Waals surface area (Å²) in [5.74, 6) is 0.969. The van der Waals surface area contributed by atoms with Crippen molar-refractivity contribution in [2.45, 2.75) is 45.6 Å². The summed E-state index contributed by atoms with van der Waals surface area (Å²) in [6.45, 7) is 16.2. The lowest BCUT2D eigenvalue weighted by Crippen LogP contribution is -2.47. The van der Waals surface area contributed by atoms with Gasteiger partial charge in [0, 0.05) is 31.7 Å². The Labute approximate surface area is 135 Å². The predicted octanol–water partition coefficient (Wildman–Crippen LogP) is 2.68. The fraction of sp³-hybridized carbons (Fsp3) is 1.00. The van der Waals surface area contributed by atoms with Crippen LogP contribution < -0.4 is 0 Å². The Morgan fingerprint density at radius 2 is 1.48 bits per heavy atom. The van der Waals surface area contributed by atoms with E-state index < -0.39 is 0 Å². The van der Waals surface area contributed by atoms with Crippen molar-refractivity contribution in [1.29, 1.82) is 0 Å². The molecule has 126 valence electrons. The number of piperidine rings is 1. The molecule has 2 rings (SSSR count). The molecule has 0 aromatic rings. The normalized spacial score (nSPS) is 25.3. The third kappa shape index (κ3) is 5.42. The van der Waals surface area contributed by atoms with Crippen LogP contribution in [0.4, 0.5) is 0 Å². The van der Waals surface area contributed by atoms with E-state index in [2.05, 4.69) is 47.4 Å². The van der Waals surface area contributed by atoms with Crippen molar-refractivity contribution in [1.82, 2.24) is 14.1 Å². The lowest BCUT2D eigenvalue weighted by atomic mass is 9.90. The lowest BCUT2D eigenvalue weighted by Gasteiger charge is -2.42. The van der Waals surface area contributed by atoms with E-state index in [0.29, 0.717) is 5.54 Å². The molecule has 0 saturated carbocycles. The highest BCUT2D eigenvalue weighted by atomic mass is 32.2. The minimum absolute atomic E-state index is 0.126. The summed E-state index contributed by atoms with van der Waals surface area (Å²) >= 11 is 0.126. The van der Waals surface area contributed by atoms with Gasteiger partial charge < -0.3 is 4.90 Å². The summed E-state index contributed by atoms with van der Waals surface area (Å²) < 4.78 is 2.67. The number of hydrogen-bond acceptors (Lipinski definition) is 3. The first-order valence-corrected chi connectivity index (χ1v) is 10.9. The number of nitrogens with zero attached hydrogens (tertiary/aromatic N) is 3. The number of piperazine rings is 1. The van der Waals surface area contributed by atoms with Crippen LogP contribution in [0.25, 0.3) is 0 Å². The molecule has 0 aromatic carbocycles. The maximum atomic E-state index is 2.70. The van der Waals surface area contributed by atoms with Crippen LogP contribution in [0.15, 0.2) is 0 Å². The molecule has 0 unspecified atom stereocenters. The molecule has 0 aliphatic carbocycles. The molecule has 0 spiro atoms. The first-order valence-electron chi connectivity index (χ1n) is 8.76. The summed E-state index contributed by atoms with van der Waals surface area (Å²) in [6.07, 6.45) is 9.01. The first-order chi connectivity index (χ1) is 9.86. The SMILES string of the molecule is C[SH](C)N1CCN(CCC2CCN(C(C)(C)C)CC2)CC1. The molecule has 2 aliphatic rings. The molecule has 0 atom stereocenters. The molecule has 2 heterocycles. The highest BCUT2D eigenvalue weighted by molar-refractivity contribution is 8.13. The summed E-state index contributed by atoms with van der Waals surface area (Å²) in [4.78, 5) is 5.36. The van der Waals surface area contributed by atoms with Crippen molar-refractivity contribution >= 4 is 11.1 Å². The number of rotatable bonds is 4. The Morgan fingerprint density at radius 1 is 0.905 bits per heavy atom. The van der Waals surface area contributed by atoms with Crippen LogP contribution in [0.2, 0.25) is 0 Å². The van der Waals surface area contributed by atoms with Crippen LogP contribution in [0.3, 0.4) is 0 Å². The van der Waals surface area contributed by atoms with Crippen LogP contribution in [0.1, 0.15) is 40.0 Å². The summed E-state index contributed by atoms with van der Waals surface area (Å²) in [5.41, 5.74) is 0.361. The Kier molecular flexibility index (Phi) is 6.42. The quantitative estimate of drug-likeness (QED) is 0.800. The molecular formula is C17H37N3S. The van der Waals surface area contributed by atoms with E-state index in [-0.39, 0.29) is 11.1 Å². The average molecular weight is 316 g/mol. The van der Waals surface area contributed by atoms with E-state index in [1.165, 1.54) is 65.1 Å². The zero-order chi connectivity index (χ0) is 15.5. The highest BCUT2D eigenvalue weighted by Crippen LogP contribution is 2.27. The van der Waals surface area contributed by atoms with Crippen molar-refractivity contribution in [2.75, 3.05) is 58.3 Å². The second kappa shape index (κ2) is 7.67. The molecule has 21 heavy (non-hydrogen) atoms. The Morgan fingerprint density at radius 3 is 1.95 bits per heavy atom. The van der Waals surface area contributed by atoms with E-state index >= 15 is 0 Å². The largest absolute Gasteiger partial charge is 0.301 e. The van der Waals surface area contributed by atoms with Crippen molar-refractivity contribution in [3.05, 3.63) is 0 Å². The zero-order valence-electron chi connectivity index (χ0n) is 14.9. The van der Waals surface area contributed by atoms with Gasteiger partial charge in [-0.25, -0.2) is 11.1 Å². The van der Waals surface area contributed by atoms with Crippen molar-refractivity contribution in [3.63, 3.8) is 0 Å². The van der Waals surface area contributed by atoms with Gasteiger partial charge in [0.25, 0.3) is 0 Å². The molecule has 0 radical (unpaired) electrons. The number of thiol groups is 1. The van der Waals surface area contributed by atoms with Crippen molar-refractivity contribution < 1.29 is 0 Å². The van der Waals surface area contributed by atoms with E-state index in [0.717, 1.165) is 5.92 Å². The smallest absolute Gasteiger partial charge is 0.0200 e. The van der Waals surface area contributed by atoms with E-state index in [1.54, 1.807) is 0 Å². The van der Waals surface area contributed by atoms with Crippen LogP contribution in [0, 0.1) is 5.92 Å². The van der Waals surface area contributed by atoms with Crippen LogP contribution >= 0.6 is 11.1 Å². The topological polar surface area (TPSA) is 9.72 Å². The first kappa shape index (κ1) is 17.6. The van der Waals surface area contributed by atoms with Gasteiger partial charge >= 0.3 is 0 Å². The molecule has 2 aliphatic heterocycles. The lowest BCUT2D eigenvalue weighted by molar-refractivity contribution is 0.0799. The van der Waals surface area contributed by atoms with Gasteiger partial charge in [-0.3, -0.25) is 9.21 Å². The molecule has 0 amide bonds. The predicted molar refractivity (Wildman–Crippen MR) is 97.5 cm³/mol. The van der Waals surface area contributed by atoms with E-state index in [1.807, 2.05) is 0 Å². The molecule has 3 nitrogen and oxygen atoms in total. The minimum Gasteiger partial charge on any atom is -0.301 e.